The maximum Gasteiger partial charge on any atom is 0.270 e. The maximum atomic E-state index is 11.9. The second kappa shape index (κ2) is 7.30. The molecule has 2 unspecified atom stereocenters. The lowest BCUT2D eigenvalue weighted by Crippen LogP contribution is -2.34. The van der Waals surface area contributed by atoms with Crippen LogP contribution in [-0.2, 0) is 10.8 Å². The molecule has 0 aliphatic carbocycles. The average molecular weight is 299 g/mol. The van der Waals surface area contributed by atoms with Crippen molar-refractivity contribution in [2.45, 2.75) is 19.4 Å². The fraction of sp³-hybridized carbons (Fsp3) is 0.417. The van der Waals surface area contributed by atoms with Gasteiger partial charge in [-0.1, -0.05) is 12.2 Å². The van der Waals surface area contributed by atoms with Crippen molar-refractivity contribution in [3.8, 4) is 0 Å². The highest BCUT2D eigenvalue weighted by molar-refractivity contribution is 7.84. The van der Waals surface area contributed by atoms with Gasteiger partial charge in [-0.3, -0.25) is 14.0 Å². The van der Waals surface area contributed by atoms with E-state index < -0.39 is 10.8 Å². The van der Waals surface area contributed by atoms with Gasteiger partial charge in [-0.25, -0.2) is 0 Å². The minimum absolute atomic E-state index is 0.0477. The second-order valence-electron chi connectivity index (χ2n) is 4.24. The zero-order valence-electron chi connectivity index (χ0n) is 10.9. The Morgan fingerprint density at radius 3 is 2.74 bits per heavy atom. The fourth-order valence-corrected chi connectivity index (χ4v) is 2.19. The molecule has 0 fully saturated rings. The SMILES string of the molecule is CC(CCS(C)=O)NC(=O)c1ccc(C(N)=S)cn1. The Hall–Kier alpha value is -1.34. The molecule has 0 aliphatic heterocycles. The number of pyridine rings is 1. The van der Waals surface area contributed by atoms with Crippen molar-refractivity contribution in [1.82, 2.24) is 10.3 Å². The molecule has 7 heteroatoms. The van der Waals surface area contributed by atoms with Crippen molar-refractivity contribution in [3.63, 3.8) is 0 Å². The zero-order valence-corrected chi connectivity index (χ0v) is 12.5. The van der Waals surface area contributed by atoms with E-state index in [0.717, 1.165) is 0 Å². The molecule has 0 spiro atoms. The molecule has 0 aromatic carbocycles. The van der Waals surface area contributed by atoms with Crippen LogP contribution in [-0.4, -0.2) is 38.1 Å². The number of nitrogens with two attached hydrogens (primary N) is 1. The third-order valence-corrected chi connectivity index (χ3v) is 3.54. The minimum Gasteiger partial charge on any atom is -0.389 e. The van der Waals surface area contributed by atoms with Gasteiger partial charge in [0.25, 0.3) is 5.91 Å². The molecule has 0 bridgehead atoms. The van der Waals surface area contributed by atoms with Crippen LogP contribution in [0.5, 0.6) is 0 Å². The van der Waals surface area contributed by atoms with Crippen LogP contribution in [0.3, 0.4) is 0 Å². The number of nitrogens with zero attached hydrogens (tertiary/aromatic N) is 1. The molecule has 0 radical (unpaired) electrons. The van der Waals surface area contributed by atoms with E-state index >= 15 is 0 Å². The molecule has 0 saturated carbocycles. The molecule has 5 nitrogen and oxygen atoms in total. The lowest BCUT2D eigenvalue weighted by molar-refractivity contribution is 0.0934. The molecule has 1 amide bonds. The molecular weight excluding hydrogens is 282 g/mol. The van der Waals surface area contributed by atoms with E-state index in [9.17, 15) is 9.00 Å². The smallest absolute Gasteiger partial charge is 0.270 e. The normalized spacial score (nSPS) is 13.6. The van der Waals surface area contributed by atoms with E-state index in [2.05, 4.69) is 10.3 Å². The summed E-state index contributed by atoms with van der Waals surface area (Å²) >= 11 is 4.81. The first kappa shape index (κ1) is 15.7. The van der Waals surface area contributed by atoms with Gasteiger partial charge < -0.3 is 11.1 Å². The number of aromatic nitrogens is 1. The van der Waals surface area contributed by atoms with Crippen molar-refractivity contribution in [1.29, 1.82) is 0 Å². The lowest BCUT2D eigenvalue weighted by atomic mass is 10.2. The summed E-state index contributed by atoms with van der Waals surface area (Å²) in [5, 5.41) is 2.80. The number of amides is 1. The Labute approximate surface area is 120 Å². The van der Waals surface area contributed by atoms with Gasteiger partial charge in [0.05, 0.1) is 0 Å². The van der Waals surface area contributed by atoms with Gasteiger partial charge in [0.15, 0.2) is 0 Å². The largest absolute Gasteiger partial charge is 0.389 e. The number of hydrogen-bond acceptors (Lipinski definition) is 4. The third kappa shape index (κ3) is 5.44. The highest BCUT2D eigenvalue weighted by Crippen LogP contribution is 2.02. The topological polar surface area (TPSA) is 85.1 Å². The number of nitrogens with one attached hydrogen (secondary N) is 1. The summed E-state index contributed by atoms with van der Waals surface area (Å²) in [5.41, 5.74) is 6.39. The van der Waals surface area contributed by atoms with Crippen LogP contribution < -0.4 is 11.1 Å². The summed E-state index contributed by atoms with van der Waals surface area (Å²) in [6.45, 7) is 1.87. The zero-order chi connectivity index (χ0) is 14.4. The molecule has 0 aliphatic rings. The van der Waals surface area contributed by atoms with E-state index in [1.807, 2.05) is 6.92 Å². The molecular formula is C12H17N3O2S2. The molecule has 19 heavy (non-hydrogen) atoms. The quantitative estimate of drug-likeness (QED) is 0.752. The van der Waals surface area contributed by atoms with Gasteiger partial charge in [0.2, 0.25) is 0 Å². The number of hydrogen-bond donors (Lipinski definition) is 2. The van der Waals surface area contributed by atoms with Crippen molar-refractivity contribution >= 4 is 33.9 Å². The first-order valence-corrected chi connectivity index (χ1v) is 7.90. The number of carbonyl (C=O) groups excluding carboxylic acids is 1. The molecule has 1 aromatic rings. The van der Waals surface area contributed by atoms with Gasteiger partial charge in [0.1, 0.15) is 10.7 Å². The summed E-state index contributed by atoms with van der Waals surface area (Å²) in [6.07, 6.45) is 3.79. The highest BCUT2D eigenvalue weighted by atomic mass is 32.2. The Kier molecular flexibility index (Phi) is 6.04. The van der Waals surface area contributed by atoms with E-state index in [4.69, 9.17) is 18.0 Å². The minimum atomic E-state index is -0.849. The summed E-state index contributed by atoms with van der Waals surface area (Å²) in [5.74, 6) is 0.304. The Balaban J connectivity index is 2.58. The first-order chi connectivity index (χ1) is 8.90. The van der Waals surface area contributed by atoms with Gasteiger partial charge in [0, 0.05) is 40.6 Å². The molecule has 0 saturated heterocycles. The first-order valence-electron chi connectivity index (χ1n) is 5.77. The van der Waals surface area contributed by atoms with Crippen molar-refractivity contribution in [2.24, 2.45) is 5.73 Å². The lowest BCUT2D eigenvalue weighted by Gasteiger charge is -2.12. The summed E-state index contributed by atoms with van der Waals surface area (Å²) in [4.78, 5) is 16.1. The van der Waals surface area contributed by atoms with Crippen LogP contribution in [0.4, 0.5) is 0 Å². The Morgan fingerprint density at radius 1 is 1.58 bits per heavy atom. The maximum absolute atomic E-state index is 11.9. The summed E-state index contributed by atoms with van der Waals surface area (Å²) in [6, 6.07) is 3.19. The van der Waals surface area contributed by atoms with E-state index in [1.54, 1.807) is 18.4 Å². The van der Waals surface area contributed by atoms with E-state index in [-0.39, 0.29) is 16.9 Å². The van der Waals surface area contributed by atoms with Crippen LogP contribution in [0.2, 0.25) is 0 Å². The van der Waals surface area contributed by atoms with Gasteiger partial charge in [-0.05, 0) is 25.5 Å². The monoisotopic (exact) mass is 299 g/mol. The van der Waals surface area contributed by atoms with Gasteiger partial charge >= 0.3 is 0 Å². The van der Waals surface area contributed by atoms with Crippen LogP contribution in [0.15, 0.2) is 18.3 Å². The molecule has 1 rings (SSSR count). The van der Waals surface area contributed by atoms with Crippen molar-refractivity contribution < 1.29 is 9.00 Å². The number of rotatable bonds is 6. The van der Waals surface area contributed by atoms with E-state index in [0.29, 0.717) is 23.4 Å². The molecule has 104 valence electrons. The Bertz CT molecular complexity index is 488. The van der Waals surface area contributed by atoms with Crippen LogP contribution in [0.25, 0.3) is 0 Å². The second-order valence-corrected chi connectivity index (χ2v) is 6.23. The molecule has 1 heterocycles. The van der Waals surface area contributed by atoms with E-state index in [1.165, 1.54) is 6.20 Å². The van der Waals surface area contributed by atoms with Gasteiger partial charge in [-0.15, -0.1) is 0 Å². The molecule has 1 aromatic heterocycles. The van der Waals surface area contributed by atoms with Gasteiger partial charge in [-0.2, -0.15) is 0 Å². The summed E-state index contributed by atoms with van der Waals surface area (Å²) in [7, 11) is -0.849. The average Bonchev–Trinajstić information content (AvgIpc) is 2.36. The van der Waals surface area contributed by atoms with Crippen LogP contribution in [0.1, 0.15) is 29.4 Å². The third-order valence-electron chi connectivity index (χ3n) is 2.50. The fourth-order valence-electron chi connectivity index (χ4n) is 1.39. The predicted molar refractivity (Wildman–Crippen MR) is 80.6 cm³/mol. The summed E-state index contributed by atoms with van der Waals surface area (Å²) < 4.78 is 11.0. The standard InChI is InChI=1S/C12H17N3O2S2/c1-8(5-6-19(2)17)15-12(16)10-4-3-9(7-14-10)11(13)18/h3-4,7-8H,5-6H2,1-2H3,(H2,13,18)(H,15,16). The molecule has 2 atom stereocenters. The van der Waals surface area contributed by atoms with Crippen LogP contribution in [0, 0.1) is 0 Å². The number of thiocarbonyl (C=S) groups is 1. The Morgan fingerprint density at radius 2 is 2.26 bits per heavy atom. The predicted octanol–water partition coefficient (Wildman–Crippen LogP) is 0.603. The number of carbonyl (C=O) groups is 1. The molecule has 3 N–H and O–H groups in total. The van der Waals surface area contributed by atoms with Crippen molar-refractivity contribution in [2.75, 3.05) is 12.0 Å². The van der Waals surface area contributed by atoms with Crippen molar-refractivity contribution in [3.05, 3.63) is 29.6 Å². The van der Waals surface area contributed by atoms with Crippen LogP contribution >= 0.6 is 12.2 Å². The highest BCUT2D eigenvalue weighted by Gasteiger charge is 2.11.